The Hall–Kier alpha value is -1.81. The first-order valence-corrected chi connectivity index (χ1v) is 8.92. The number of guanidine groups is 1. The van der Waals surface area contributed by atoms with Crippen LogP contribution < -0.4 is 15.4 Å². The van der Waals surface area contributed by atoms with Gasteiger partial charge in [0.05, 0.1) is 26.0 Å². The highest BCUT2D eigenvalue weighted by molar-refractivity contribution is 14.0. The van der Waals surface area contributed by atoms with Crippen LogP contribution in [0.15, 0.2) is 41.5 Å². The van der Waals surface area contributed by atoms with Crippen LogP contribution in [0.4, 0.5) is 0 Å². The average Bonchev–Trinajstić information content (AvgIpc) is 3.07. The van der Waals surface area contributed by atoms with Gasteiger partial charge in [0.1, 0.15) is 5.75 Å². The van der Waals surface area contributed by atoms with E-state index in [2.05, 4.69) is 27.6 Å². The van der Waals surface area contributed by atoms with Crippen molar-refractivity contribution in [1.29, 1.82) is 0 Å². The van der Waals surface area contributed by atoms with Crippen molar-refractivity contribution in [3.63, 3.8) is 0 Å². The summed E-state index contributed by atoms with van der Waals surface area (Å²) in [6, 6.07) is 9.90. The van der Waals surface area contributed by atoms with E-state index in [1.165, 1.54) is 0 Å². The summed E-state index contributed by atoms with van der Waals surface area (Å²) in [6.07, 6.45) is 2.69. The van der Waals surface area contributed by atoms with Crippen molar-refractivity contribution in [1.82, 2.24) is 20.4 Å². The van der Waals surface area contributed by atoms with Crippen LogP contribution in [0, 0.1) is 0 Å². The molecule has 0 bridgehead atoms. The monoisotopic (exact) mass is 487 g/mol. The second-order valence-corrected chi connectivity index (χ2v) is 5.82. The molecule has 0 saturated carbocycles. The molecule has 0 spiro atoms. The summed E-state index contributed by atoms with van der Waals surface area (Å²) in [5.74, 6) is 1.67. The summed E-state index contributed by atoms with van der Waals surface area (Å²) < 4.78 is 12.7. The lowest BCUT2D eigenvalue weighted by molar-refractivity contribution is 0.119. The molecule has 0 aliphatic carbocycles. The van der Waals surface area contributed by atoms with E-state index in [0.717, 1.165) is 42.5 Å². The highest BCUT2D eigenvalue weighted by Gasteiger charge is 2.00. The fourth-order valence-electron chi connectivity index (χ4n) is 2.35. The second-order valence-electron chi connectivity index (χ2n) is 5.82. The summed E-state index contributed by atoms with van der Waals surface area (Å²) in [4.78, 5) is 4.58. The zero-order chi connectivity index (χ0) is 18.6. The first kappa shape index (κ1) is 23.2. The Morgan fingerprint density at radius 3 is 2.59 bits per heavy atom. The van der Waals surface area contributed by atoms with E-state index in [9.17, 15) is 0 Å². The number of benzene rings is 1. The number of hydrogen-bond acceptors (Lipinski definition) is 4. The predicted molar refractivity (Wildman–Crippen MR) is 119 cm³/mol. The Labute approximate surface area is 178 Å². The molecule has 150 valence electrons. The van der Waals surface area contributed by atoms with E-state index < -0.39 is 0 Å². The minimum Gasteiger partial charge on any atom is -0.497 e. The molecule has 0 atom stereocenters. The maximum atomic E-state index is 5.72. The SMILES string of the molecule is CCNC(=NCc1ccnn1C)NCCCOCc1ccc(OC)cc1.I. The number of nitrogens with one attached hydrogen (secondary N) is 2. The number of aromatic nitrogens is 2. The number of ether oxygens (including phenoxy) is 2. The summed E-state index contributed by atoms with van der Waals surface area (Å²) in [7, 11) is 3.59. The van der Waals surface area contributed by atoms with Crippen molar-refractivity contribution in [3.8, 4) is 5.75 Å². The minimum atomic E-state index is 0. The highest BCUT2D eigenvalue weighted by atomic mass is 127. The third-order valence-corrected chi connectivity index (χ3v) is 3.85. The maximum absolute atomic E-state index is 5.72. The molecule has 2 rings (SSSR count). The van der Waals surface area contributed by atoms with E-state index in [0.29, 0.717) is 19.8 Å². The lowest BCUT2D eigenvalue weighted by Crippen LogP contribution is -2.38. The van der Waals surface area contributed by atoms with Crippen LogP contribution in [0.3, 0.4) is 0 Å². The van der Waals surface area contributed by atoms with Gasteiger partial charge in [-0.15, -0.1) is 24.0 Å². The van der Waals surface area contributed by atoms with Gasteiger partial charge in [0.2, 0.25) is 0 Å². The lowest BCUT2D eigenvalue weighted by Gasteiger charge is -2.11. The van der Waals surface area contributed by atoms with E-state index in [1.54, 1.807) is 13.3 Å². The number of aliphatic imine (C=N–C) groups is 1. The maximum Gasteiger partial charge on any atom is 0.191 e. The number of rotatable bonds is 10. The smallest absolute Gasteiger partial charge is 0.191 e. The third-order valence-electron chi connectivity index (χ3n) is 3.85. The van der Waals surface area contributed by atoms with Crippen molar-refractivity contribution in [2.24, 2.45) is 12.0 Å². The quantitative estimate of drug-likeness (QED) is 0.234. The molecule has 0 aliphatic heterocycles. The van der Waals surface area contributed by atoms with Crippen LogP contribution >= 0.6 is 24.0 Å². The zero-order valence-electron chi connectivity index (χ0n) is 16.3. The Bertz CT molecular complexity index is 673. The van der Waals surface area contributed by atoms with Crippen molar-refractivity contribution in [3.05, 3.63) is 47.8 Å². The standard InChI is InChI=1S/C19H29N5O2.HI/c1-4-20-19(22-14-17-10-12-23-24(17)2)21-11-5-13-26-15-16-6-8-18(25-3)9-7-16;/h6-10,12H,4-5,11,13-15H2,1-3H3,(H2,20,21,22);1H. The van der Waals surface area contributed by atoms with Gasteiger partial charge in [0, 0.05) is 32.9 Å². The molecule has 0 amide bonds. The fourth-order valence-corrected chi connectivity index (χ4v) is 2.35. The molecule has 2 aromatic rings. The molecule has 0 radical (unpaired) electrons. The van der Waals surface area contributed by atoms with Crippen LogP contribution in [0.5, 0.6) is 5.75 Å². The molecule has 1 heterocycles. The molecule has 0 unspecified atom stereocenters. The van der Waals surface area contributed by atoms with Gasteiger partial charge < -0.3 is 20.1 Å². The second kappa shape index (κ2) is 13.4. The highest BCUT2D eigenvalue weighted by Crippen LogP contribution is 2.11. The van der Waals surface area contributed by atoms with Gasteiger partial charge in [-0.1, -0.05) is 12.1 Å². The van der Waals surface area contributed by atoms with Crippen molar-refractivity contribution >= 4 is 29.9 Å². The zero-order valence-corrected chi connectivity index (χ0v) is 18.6. The molecular weight excluding hydrogens is 457 g/mol. The Balaban J connectivity index is 0.00000364. The fraction of sp³-hybridized carbons (Fsp3) is 0.474. The molecule has 1 aromatic carbocycles. The number of hydrogen-bond donors (Lipinski definition) is 2. The van der Waals surface area contributed by atoms with Gasteiger partial charge in [-0.3, -0.25) is 4.68 Å². The van der Waals surface area contributed by atoms with Crippen molar-refractivity contribution in [2.45, 2.75) is 26.5 Å². The van der Waals surface area contributed by atoms with Crippen LogP contribution in [0.25, 0.3) is 0 Å². The lowest BCUT2D eigenvalue weighted by atomic mass is 10.2. The molecule has 8 heteroatoms. The number of aryl methyl sites for hydroxylation is 1. The van der Waals surface area contributed by atoms with Crippen LogP contribution in [-0.2, 0) is 24.9 Å². The Morgan fingerprint density at radius 2 is 1.96 bits per heavy atom. The Kier molecular flexibility index (Phi) is 11.5. The summed E-state index contributed by atoms with van der Waals surface area (Å²) in [5, 5.41) is 10.7. The number of methoxy groups -OCH3 is 1. The van der Waals surface area contributed by atoms with Gasteiger partial charge in [-0.2, -0.15) is 5.10 Å². The van der Waals surface area contributed by atoms with E-state index in [1.807, 2.05) is 42.1 Å². The topological polar surface area (TPSA) is 72.7 Å². The molecule has 1 aromatic heterocycles. The summed E-state index contributed by atoms with van der Waals surface area (Å²) in [5.41, 5.74) is 2.22. The van der Waals surface area contributed by atoms with Crippen LogP contribution in [0.2, 0.25) is 0 Å². The summed E-state index contributed by atoms with van der Waals surface area (Å²) >= 11 is 0. The van der Waals surface area contributed by atoms with E-state index >= 15 is 0 Å². The molecule has 0 saturated heterocycles. The van der Waals surface area contributed by atoms with Gasteiger partial charge in [-0.05, 0) is 37.1 Å². The van der Waals surface area contributed by atoms with Gasteiger partial charge in [-0.25, -0.2) is 4.99 Å². The first-order valence-electron chi connectivity index (χ1n) is 8.92. The molecular formula is C19H30IN5O2. The third kappa shape index (κ3) is 8.61. The van der Waals surface area contributed by atoms with Gasteiger partial charge in [0.25, 0.3) is 0 Å². The minimum absolute atomic E-state index is 0. The largest absolute Gasteiger partial charge is 0.497 e. The van der Waals surface area contributed by atoms with E-state index in [4.69, 9.17) is 9.47 Å². The molecule has 2 N–H and O–H groups in total. The van der Waals surface area contributed by atoms with Crippen molar-refractivity contribution in [2.75, 3.05) is 26.8 Å². The van der Waals surface area contributed by atoms with Crippen LogP contribution in [-0.4, -0.2) is 42.5 Å². The first-order chi connectivity index (χ1) is 12.7. The molecule has 7 nitrogen and oxygen atoms in total. The number of halogens is 1. The normalized spacial score (nSPS) is 11.0. The van der Waals surface area contributed by atoms with Crippen molar-refractivity contribution < 1.29 is 9.47 Å². The van der Waals surface area contributed by atoms with Gasteiger partial charge in [0.15, 0.2) is 5.96 Å². The van der Waals surface area contributed by atoms with E-state index in [-0.39, 0.29) is 24.0 Å². The van der Waals surface area contributed by atoms with Gasteiger partial charge >= 0.3 is 0 Å². The molecule has 0 aliphatic rings. The average molecular weight is 487 g/mol. The number of nitrogens with zero attached hydrogens (tertiary/aromatic N) is 3. The summed E-state index contributed by atoms with van der Waals surface area (Å²) in [6.45, 7) is 5.59. The Morgan fingerprint density at radius 1 is 1.19 bits per heavy atom. The van der Waals surface area contributed by atoms with Crippen LogP contribution in [0.1, 0.15) is 24.6 Å². The predicted octanol–water partition coefficient (Wildman–Crippen LogP) is 2.71. The molecule has 0 fully saturated rings. The molecule has 27 heavy (non-hydrogen) atoms.